The number of carbonyl (C=O) groups is 1. The Labute approximate surface area is 270 Å². The SMILES string of the molecule is CC(C)(C)[S@@](=O)NC(c1nc2ccc([C@@H](O)NC(=O)CC3CC(F)(F)C3)cc2n1COCC[Si](C)(C)C)C1CC(CC(F)(F)F)C1. The van der Waals surface area contributed by atoms with Crippen LogP contribution in [0.15, 0.2) is 18.2 Å². The second-order valence-corrected chi connectivity index (χ2v) is 22.8. The van der Waals surface area contributed by atoms with E-state index in [0.29, 0.717) is 41.9 Å². The third kappa shape index (κ3) is 10.0. The number of hydrogen-bond donors (Lipinski definition) is 3. The number of aromatic nitrogens is 2. The normalized spacial score (nSPS) is 22.6. The number of alkyl halides is 5. The maximum atomic E-state index is 13.3. The average Bonchev–Trinajstić information content (AvgIpc) is 3.21. The molecule has 46 heavy (non-hydrogen) atoms. The van der Waals surface area contributed by atoms with Gasteiger partial charge in [-0.15, -0.1) is 0 Å². The molecule has 2 aliphatic carbocycles. The van der Waals surface area contributed by atoms with Crippen molar-refractivity contribution in [2.24, 2.45) is 17.8 Å². The number of carbonyl (C=O) groups excluding carboxylic acids is 1. The topological polar surface area (TPSA) is 105 Å². The number of hydrogen-bond acceptors (Lipinski definition) is 5. The molecule has 1 unspecified atom stereocenters. The van der Waals surface area contributed by atoms with Crippen LogP contribution < -0.4 is 10.0 Å². The number of rotatable bonds is 14. The Kier molecular flexibility index (Phi) is 11.1. The van der Waals surface area contributed by atoms with Crippen LogP contribution in [-0.2, 0) is 27.2 Å². The highest BCUT2D eigenvalue weighted by atomic mass is 32.2. The lowest BCUT2D eigenvalue weighted by Gasteiger charge is -2.41. The van der Waals surface area contributed by atoms with Crippen molar-refractivity contribution in [2.45, 2.75) is 121 Å². The van der Waals surface area contributed by atoms with Gasteiger partial charge in [0.1, 0.15) is 12.6 Å². The highest BCUT2D eigenvalue weighted by Gasteiger charge is 2.46. The summed E-state index contributed by atoms with van der Waals surface area (Å²) >= 11 is 0. The molecule has 0 radical (unpaired) electrons. The van der Waals surface area contributed by atoms with E-state index in [4.69, 9.17) is 9.72 Å². The molecule has 2 saturated carbocycles. The number of halogens is 5. The maximum absolute atomic E-state index is 13.3. The Bertz CT molecular complexity index is 1390. The van der Waals surface area contributed by atoms with Gasteiger partial charge >= 0.3 is 6.18 Å². The second-order valence-electron chi connectivity index (χ2n) is 15.2. The molecule has 1 aromatic carbocycles. The average molecular weight is 695 g/mol. The summed E-state index contributed by atoms with van der Waals surface area (Å²) in [6.45, 7) is 12.6. The van der Waals surface area contributed by atoms with Crippen molar-refractivity contribution in [2.75, 3.05) is 6.61 Å². The Hall–Kier alpha value is -1.94. The first-order chi connectivity index (χ1) is 21.1. The van der Waals surface area contributed by atoms with E-state index in [9.17, 15) is 36.1 Å². The third-order valence-corrected chi connectivity index (χ3v) is 11.9. The molecule has 2 aromatic rings. The molecule has 2 aliphatic rings. The van der Waals surface area contributed by atoms with Gasteiger partial charge in [-0.2, -0.15) is 13.2 Å². The van der Waals surface area contributed by atoms with Gasteiger partial charge in [-0.05, 0) is 69.5 Å². The zero-order valence-electron chi connectivity index (χ0n) is 27.3. The van der Waals surface area contributed by atoms with Crippen LogP contribution in [0, 0.1) is 17.8 Å². The van der Waals surface area contributed by atoms with Crippen LogP contribution in [0.2, 0.25) is 25.7 Å². The Morgan fingerprint density at radius 3 is 2.39 bits per heavy atom. The van der Waals surface area contributed by atoms with Crippen molar-refractivity contribution in [3.8, 4) is 0 Å². The number of imidazole rings is 1. The fraction of sp³-hybridized carbons (Fsp3) is 0.742. The van der Waals surface area contributed by atoms with E-state index in [1.54, 1.807) is 43.5 Å². The second kappa shape index (κ2) is 13.9. The number of nitrogens with zero attached hydrogens (tertiary/aromatic N) is 2. The van der Waals surface area contributed by atoms with Crippen molar-refractivity contribution < 1.29 is 40.8 Å². The summed E-state index contributed by atoms with van der Waals surface area (Å²) in [4.78, 5) is 17.3. The van der Waals surface area contributed by atoms with E-state index < -0.39 is 72.3 Å². The zero-order chi connectivity index (χ0) is 34.2. The van der Waals surface area contributed by atoms with Crippen LogP contribution in [0.1, 0.15) is 83.0 Å². The summed E-state index contributed by atoms with van der Waals surface area (Å²) in [7, 11) is -2.98. The number of aliphatic hydroxyl groups is 1. The molecule has 8 nitrogen and oxygen atoms in total. The standard InChI is InChI=1S/C31H47F5N4O4SSi/c1-29(2,3)45(43)39-26(22-11-19(12-22)17-31(34,35)36)27-37-23-8-7-21(14-24(23)40(27)18-44-9-10-46(4,5)6)28(42)38-25(41)13-20-15-30(32,33)16-20/h7-8,14,19-20,22,26,28,39,42H,9-13,15-18H2,1-6H3,(H,38,41)/t19?,22?,26?,28-,45-/m1/s1. The maximum Gasteiger partial charge on any atom is 0.389 e. The van der Waals surface area contributed by atoms with E-state index in [1.807, 2.05) is 0 Å². The fourth-order valence-electron chi connectivity index (χ4n) is 5.93. The highest BCUT2D eigenvalue weighted by molar-refractivity contribution is 7.84. The first kappa shape index (κ1) is 36.9. The molecular weight excluding hydrogens is 648 g/mol. The first-order valence-electron chi connectivity index (χ1n) is 15.8. The monoisotopic (exact) mass is 694 g/mol. The van der Waals surface area contributed by atoms with Gasteiger partial charge in [-0.25, -0.2) is 22.7 Å². The number of amides is 1. The molecule has 0 spiro atoms. The molecule has 4 rings (SSSR count). The van der Waals surface area contributed by atoms with E-state index in [1.165, 1.54) is 0 Å². The smallest absolute Gasteiger partial charge is 0.369 e. The van der Waals surface area contributed by atoms with Gasteiger partial charge in [0.15, 0.2) is 6.23 Å². The number of nitrogens with one attached hydrogen (secondary N) is 2. The summed E-state index contributed by atoms with van der Waals surface area (Å²) in [5, 5.41) is 13.3. The summed E-state index contributed by atoms with van der Waals surface area (Å²) in [6.07, 6.45) is -6.77. The molecule has 15 heteroatoms. The summed E-state index contributed by atoms with van der Waals surface area (Å²) in [5.41, 5.74) is 1.43. The van der Waals surface area contributed by atoms with E-state index in [-0.39, 0.29) is 31.9 Å². The minimum Gasteiger partial charge on any atom is -0.369 e. The molecule has 3 N–H and O–H groups in total. The molecule has 0 aliphatic heterocycles. The van der Waals surface area contributed by atoms with E-state index in [0.717, 1.165) is 6.04 Å². The molecule has 2 fully saturated rings. The Morgan fingerprint density at radius 1 is 1.17 bits per heavy atom. The third-order valence-electron chi connectivity index (χ3n) is 8.61. The van der Waals surface area contributed by atoms with Crippen LogP contribution >= 0.6 is 0 Å². The quantitative estimate of drug-likeness (QED) is 0.0859. The molecule has 1 amide bonds. The van der Waals surface area contributed by atoms with Crippen LogP contribution in [-0.4, -0.2) is 56.3 Å². The molecule has 0 bridgehead atoms. The van der Waals surface area contributed by atoms with Gasteiger partial charge in [0.05, 0.1) is 32.8 Å². The van der Waals surface area contributed by atoms with Gasteiger partial charge < -0.3 is 19.7 Å². The number of fused-ring (bicyclic) bond motifs is 1. The Morgan fingerprint density at radius 2 is 1.83 bits per heavy atom. The van der Waals surface area contributed by atoms with Gasteiger partial charge in [-0.3, -0.25) is 4.79 Å². The lowest BCUT2D eigenvalue weighted by Crippen LogP contribution is -2.43. The summed E-state index contributed by atoms with van der Waals surface area (Å²) in [6, 6.07) is 5.18. The van der Waals surface area contributed by atoms with Crippen molar-refractivity contribution in [3.63, 3.8) is 0 Å². The molecule has 0 saturated heterocycles. The van der Waals surface area contributed by atoms with Crippen LogP contribution in [0.4, 0.5) is 22.0 Å². The Balaban J connectivity index is 1.63. The van der Waals surface area contributed by atoms with Gasteiger partial charge in [0.2, 0.25) is 11.8 Å². The predicted octanol–water partition coefficient (Wildman–Crippen LogP) is 6.96. The highest BCUT2D eigenvalue weighted by Crippen LogP contribution is 2.47. The number of benzene rings is 1. The van der Waals surface area contributed by atoms with Gasteiger partial charge in [0.25, 0.3) is 0 Å². The molecule has 3 atom stereocenters. The zero-order valence-corrected chi connectivity index (χ0v) is 29.2. The lowest BCUT2D eigenvalue weighted by atomic mass is 9.69. The number of ether oxygens (including phenoxy) is 1. The number of aliphatic hydroxyl groups excluding tert-OH is 1. The van der Waals surface area contributed by atoms with Crippen molar-refractivity contribution in [3.05, 3.63) is 29.6 Å². The van der Waals surface area contributed by atoms with Gasteiger partial charge in [0, 0.05) is 45.9 Å². The first-order valence-corrected chi connectivity index (χ1v) is 20.6. The van der Waals surface area contributed by atoms with E-state index >= 15 is 0 Å². The van der Waals surface area contributed by atoms with Crippen molar-refractivity contribution in [1.29, 1.82) is 0 Å². The summed E-state index contributed by atoms with van der Waals surface area (Å²) < 4.78 is 89.5. The molecule has 260 valence electrons. The van der Waals surface area contributed by atoms with E-state index in [2.05, 4.69) is 29.7 Å². The van der Waals surface area contributed by atoms with Crippen molar-refractivity contribution >= 4 is 36.0 Å². The molecule has 1 heterocycles. The largest absolute Gasteiger partial charge is 0.389 e. The minimum atomic E-state index is -4.26. The van der Waals surface area contributed by atoms with Gasteiger partial charge in [-0.1, -0.05) is 25.7 Å². The summed E-state index contributed by atoms with van der Waals surface area (Å²) in [5.74, 6) is -4.03. The van der Waals surface area contributed by atoms with Crippen LogP contribution in [0.5, 0.6) is 0 Å². The molecular formula is C31H47F5N4O4SSi. The minimum absolute atomic E-state index is 0.0666. The molecule has 1 aromatic heterocycles. The van der Waals surface area contributed by atoms with Crippen LogP contribution in [0.25, 0.3) is 11.0 Å². The predicted molar refractivity (Wildman–Crippen MR) is 170 cm³/mol. The lowest BCUT2D eigenvalue weighted by molar-refractivity contribution is -0.154. The van der Waals surface area contributed by atoms with Crippen molar-refractivity contribution in [1.82, 2.24) is 19.6 Å². The fourth-order valence-corrected chi connectivity index (χ4v) is 7.57. The van der Waals surface area contributed by atoms with Crippen LogP contribution in [0.3, 0.4) is 0 Å².